The van der Waals surface area contributed by atoms with Crippen LogP contribution in [0, 0.1) is 0 Å². The SMILES string of the molecule is c1ccc([Si](c2ccccc2)(c2ccccc2)c2ccc(-c3nc(-c4ccc(-n5c6ccccc6c6ccccc65)cc4)nc(-c4cccc(-c5cccc6c5oc5ccccc56)c4)n3)cc2)cc1. The Kier molecular flexibility index (Phi) is 9.77. The van der Waals surface area contributed by atoms with Gasteiger partial charge in [-0.3, -0.25) is 0 Å². The normalized spacial score (nSPS) is 11.8. The first-order valence-corrected chi connectivity index (χ1v) is 25.3. The Hall–Kier alpha value is -8.97. The Morgan fingerprint density at radius 1 is 0.319 bits per heavy atom. The third kappa shape index (κ3) is 6.80. The van der Waals surface area contributed by atoms with E-state index in [4.69, 9.17) is 19.4 Å². The Morgan fingerprint density at radius 3 is 1.33 bits per heavy atom. The maximum absolute atomic E-state index is 6.50. The molecule has 0 aliphatic carbocycles. The van der Waals surface area contributed by atoms with Gasteiger partial charge in [-0.25, -0.2) is 15.0 Å². The molecule has 0 amide bonds. The zero-order valence-electron chi connectivity index (χ0n) is 37.4. The predicted molar refractivity (Wildman–Crippen MR) is 287 cm³/mol. The van der Waals surface area contributed by atoms with Crippen molar-refractivity contribution >= 4 is 72.6 Å². The second-order valence-electron chi connectivity index (χ2n) is 17.5. The molecule has 0 N–H and O–H groups in total. The van der Waals surface area contributed by atoms with Gasteiger partial charge in [0.25, 0.3) is 0 Å². The van der Waals surface area contributed by atoms with Crippen LogP contribution in [0.5, 0.6) is 0 Å². The lowest BCUT2D eigenvalue weighted by Gasteiger charge is -2.34. The number of nitrogens with zero attached hydrogens (tertiary/aromatic N) is 4. The zero-order valence-corrected chi connectivity index (χ0v) is 38.4. The molecule has 10 aromatic carbocycles. The van der Waals surface area contributed by atoms with Crippen LogP contribution in [0.3, 0.4) is 0 Å². The maximum atomic E-state index is 6.50. The lowest BCUT2D eigenvalue weighted by Crippen LogP contribution is -2.74. The van der Waals surface area contributed by atoms with Gasteiger partial charge in [-0.05, 0) is 74.8 Å². The lowest BCUT2D eigenvalue weighted by atomic mass is 10.00. The number of benzene rings is 10. The third-order valence-corrected chi connectivity index (χ3v) is 18.4. The van der Waals surface area contributed by atoms with Crippen LogP contribution in [0.25, 0.3) is 94.7 Å². The standard InChI is InChI=1S/C63H42N4OSi/c1-4-20-48(21-5-1)69(49-22-6-2-7-23-49,50-24-8-3-9-25-50)51-40-36-44(37-41-51)62-64-61(43-34-38-47(39-35-43)67-57-31-13-10-26-53(57)54-27-11-14-32-58(54)67)65-63(66-62)46-19-16-18-45(42-46)52-29-17-30-56-55-28-12-15-33-59(55)68-60(52)56/h1-42H. The predicted octanol–water partition coefficient (Wildman–Crippen LogP) is 12.9. The molecule has 5 nitrogen and oxygen atoms in total. The van der Waals surface area contributed by atoms with Crippen molar-refractivity contribution in [2.24, 2.45) is 0 Å². The molecule has 13 rings (SSSR count). The first kappa shape index (κ1) is 40.3. The van der Waals surface area contributed by atoms with Crippen LogP contribution in [0.15, 0.2) is 259 Å². The molecule has 0 aliphatic rings. The molecule has 0 bridgehead atoms. The van der Waals surface area contributed by atoms with Crippen LogP contribution in [-0.4, -0.2) is 27.6 Å². The average Bonchev–Trinajstić information content (AvgIpc) is 3.98. The molecule has 0 fully saturated rings. The first-order chi connectivity index (χ1) is 34.2. The van der Waals surface area contributed by atoms with Crippen molar-refractivity contribution in [1.29, 1.82) is 0 Å². The molecular formula is C63H42N4OSi. The summed E-state index contributed by atoms with van der Waals surface area (Å²) in [7, 11) is -2.75. The van der Waals surface area contributed by atoms with Crippen molar-refractivity contribution in [3.05, 3.63) is 255 Å². The minimum absolute atomic E-state index is 0.589. The second-order valence-corrected chi connectivity index (χ2v) is 21.3. The lowest BCUT2D eigenvalue weighted by molar-refractivity contribution is 0.670. The third-order valence-electron chi connectivity index (χ3n) is 13.6. The van der Waals surface area contributed by atoms with E-state index >= 15 is 0 Å². The molecule has 0 unspecified atom stereocenters. The summed E-state index contributed by atoms with van der Waals surface area (Å²) >= 11 is 0. The molecule has 0 atom stereocenters. The number of hydrogen-bond acceptors (Lipinski definition) is 4. The molecule has 0 spiro atoms. The fraction of sp³-hybridized carbons (Fsp3) is 0. The van der Waals surface area contributed by atoms with E-state index in [9.17, 15) is 0 Å². The summed E-state index contributed by atoms with van der Waals surface area (Å²) in [6.45, 7) is 0. The highest BCUT2D eigenvalue weighted by molar-refractivity contribution is 7.19. The Balaban J connectivity index is 0.963. The topological polar surface area (TPSA) is 56.7 Å². The van der Waals surface area contributed by atoms with E-state index in [2.05, 4.69) is 247 Å². The van der Waals surface area contributed by atoms with Crippen molar-refractivity contribution < 1.29 is 4.42 Å². The number of aromatic nitrogens is 4. The molecule has 0 aliphatic heterocycles. The van der Waals surface area contributed by atoms with Gasteiger partial charge in [0, 0.05) is 49.5 Å². The molecule has 13 aromatic rings. The van der Waals surface area contributed by atoms with Crippen molar-refractivity contribution in [1.82, 2.24) is 19.5 Å². The second kappa shape index (κ2) is 16.7. The highest BCUT2D eigenvalue weighted by atomic mass is 28.3. The fourth-order valence-electron chi connectivity index (χ4n) is 10.5. The molecule has 0 saturated carbocycles. The molecule has 3 heterocycles. The van der Waals surface area contributed by atoms with Crippen LogP contribution in [0.1, 0.15) is 0 Å². The quantitative estimate of drug-likeness (QED) is 0.107. The highest BCUT2D eigenvalue weighted by Gasteiger charge is 2.41. The van der Waals surface area contributed by atoms with Crippen molar-refractivity contribution in [3.8, 4) is 51.0 Å². The van der Waals surface area contributed by atoms with Crippen LogP contribution in [-0.2, 0) is 0 Å². The number of fused-ring (bicyclic) bond motifs is 6. The van der Waals surface area contributed by atoms with E-state index in [0.29, 0.717) is 17.5 Å². The summed E-state index contributed by atoms with van der Waals surface area (Å²) in [6.07, 6.45) is 0. The summed E-state index contributed by atoms with van der Waals surface area (Å²) in [5.41, 5.74) is 9.84. The first-order valence-electron chi connectivity index (χ1n) is 23.3. The van der Waals surface area contributed by atoms with Crippen molar-refractivity contribution in [2.75, 3.05) is 0 Å². The van der Waals surface area contributed by atoms with Crippen LogP contribution in [0.2, 0.25) is 0 Å². The Bertz CT molecular complexity index is 3850. The zero-order chi connectivity index (χ0) is 45.7. The minimum Gasteiger partial charge on any atom is -0.455 e. The van der Waals surface area contributed by atoms with E-state index in [-0.39, 0.29) is 0 Å². The summed E-state index contributed by atoms with van der Waals surface area (Å²) in [5.74, 6) is 1.79. The number of rotatable bonds is 9. The maximum Gasteiger partial charge on any atom is 0.179 e. The highest BCUT2D eigenvalue weighted by Crippen LogP contribution is 2.38. The summed E-state index contributed by atoms with van der Waals surface area (Å²) in [5, 5.41) is 9.88. The molecule has 69 heavy (non-hydrogen) atoms. The van der Waals surface area contributed by atoms with Gasteiger partial charge in [-0.1, -0.05) is 206 Å². The monoisotopic (exact) mass is 898 g/mol. The summed E-state index contributed by atoms with van der Waals surface area (Å²) < 4.78 is 8.83. The van der Waals surface area contributed by atoms with Gasteiger partial charge < -0.3 is 8.98 Å². The number of hydrogen-bond donors (Lipinski definition) is 0. The van der Waals surface area contributed by atoms with E-state index in [0.717, 1.165) is 66.5 Å². The average molecular weight is 899 g/mol. The van der Waals surface area contributed by atoms with Crippen molar-refractivity contribution in [2.45, 2.75) is 0 Å². The van der Waals surface area contributed by atoms with Gasteiger partial charge in [-0.2, -0.15) is 0 Å². The summed E-state index contributed by atoms with van der Waals surface area (Å²) in [6, 6.07) is 90.8. The Morgan fingerprint density at radius 2 is 0.754 bits per heavy atom. The van der Waals surface area contributed by atoms with Crippen molar-refractivity contribution in [3.63, 3.8) is 0 Å². The van der Waals surface area contributed by atoms with E-state index in [1.165, 1.54) is 31.5 Å². The molecule has 0 saturated heterocycles. The molecule has 324 valence electrons. The van der Waals surface area contributed by atoms with Gasteiger partial charge in [-0.15, -0.1) is 0 Å². The van der Waals surface area contributed by atoms with E-state index in [1.54, 1.807) is 0 Å². The fourth-order valence-corrected chi connectivity index (χ4v) is 15.2. The van der Waals surface area contributed by atoms with E-state index < -0.39 is 8.07 Å². The number of furan rings is 1. The van der Waals surface area contributed by atoms with Gasteiger partial charge in [0.15, 0.2) is 25.5 Å². The molecule has 0 radical (unpaired) electrons. The summed E-state index contributed by atoms with van der Waals surface area (Å²) in [4.78, 5) is 15.8. The van der Waals surface area contributed by atoms with Crippen LogP contribution >= 0.6 is 0 Å². The smallest absolute Gasteiger partial charge is 0.179 e. The molecule has 3 aromatic heterocycles. The number of para-hydroxylation sites is 4. The van der Waals surface area contributed by atoms with Gasteiger partial charge >= 0.3 is 0 Å². The van der Waals surface area contributed by atoms with Gasteiger partial charge in [0.2, 0.25) is 0 Å². The largest absolute Gasteiger partial charge is 0.455 e. The van der Waals surface area contributed by atoms with Gasteiger partial charge in [0.05, 0.1) is 11.0 Å². The molecule has 6 heteroatoms. The van der Waals surface area contributed by atoms with E-state index in [1.807, 2.05) is 12.1 Å². The van der Waals surface area contributed by atoms with Crippen LogP contribution < -0.4 is 20.7 Å². The van der Waals surface area contributed by atoms with Crippen LogP contribution in [0.4, 0.5) is 0 Å². The van der Waals surface area contributed by atoms with Gasteiger partial charge in [0.1, 0.15) is 11.2 Å². The molecular weight excluding hydrogens is 857 g/mol. The Labute approximate surface area is 400 Å². The minimum atomic E-state index is -2.75.